The molecular formula is C10H10ClCr. The van der Waals surface area contributed by atoms with Crippen molar-refractivity contribution in [1.29, 1.82) is 0 Å². The number of rotatable bonds is 0. The minimum atomic E-state index is 1.01. The van der Waals surface area contributed by atoms with Crippen LogP contribution in [-0.2, 0) is 15.4 Å². The van der Waals surface area contributed by atoms with Gasteiger partial charge in [0.15, 0.2) is 0 Å². The second kappa shape index (κ2) is 10.8. The van der Waals surface area contributed by atoms with Gasteiger partial charge in [-0.15, -0.1) is 12.8 Å². The van der Waals surface area contributed by atoms with Crippen molar-refractivity contribution in [2.45, 2.75) is 12.8 Å². The van der Waals surface area contributed by atoms with E-state index in [0.717, 1.165) is 12.8 Å². The van der Waals surface area contributed by atoms with Gasteiger partial charge in [-0.3, -0.25) is 12.2 Å². The zero-order chi connectivity index (χ0) is 9.07. The first kappa shape index (κ1) is 11.8. The molecule has 0 aromatic rings. The number of allylic oxidation sites excluding steroid dienone is 8. The van der Waals surface area contributed by atoms with Crippen LogP contribution in [0.3, 0.4) is 0 Å². The topological polar surface area (TPSA) is 0 Å². The van der Waals surface area contributed by atoms with Crippen molar-refractivity contribution in [2.24, 2.45) is 0 Å². The fourth-order valence-electron chi connectivity index (χ4n) is 0.680. The Hall–Kier alpha value is -0.218. The zero-order valence-corrected chi connectivity index (χ0v) is 8.70. The maximum absolute atomic E-state index is 4.51. The van der Waals surface area contributed by atoms with E-state index in [4.69, 9.17) is 0 Å². The third-order valence-electron chi connectivity index (χ3n) is 1.17. The predicted octanol–water partition coefficient (Wildman–Crippen LogP) is 3.30. The summed E-state index contributed by atoms with van der Waals surface area (Å²) in [6.45, 7) is 0. The average molecular weight is 218 g/mol. The van der Waals surface area contributed by atoms with E-state index < -0.39 is 0 Å². The summed E-state index contributed by atoms with van der Waals surface area (Å²) in [4.78, 5) is 0. The van der Waals surface area contributed by atoms with Gasteiger partial charge in [-0.05, 0) is 0 Å². The molecule has 0 aliphatic heterocycles. The van der Waals surface area contributed by atoms with Crippen LogP contribution in [-0.4, -0.2) is 0 Å². The molecule has 0 nitrogen and oxygen atoms in total. The standard InChI is InChI=1S/2C5H5.ClH.Cr/c2*1-2-4-5-3-1;;/h2*1-3H,4H2;1H;/q2*-1;;+3/p-1. The maximum atomic E-state index is 4.51. The van der Waals surface area contributed by atoms with Crippen LogP contribution < -0.4 is 0 Å². The van der Waals surface area contributed by atoms with E-state index in [1.54, 1.807) is 0 Å². The normalized spacial score (nSPS) is 15.0. The molecule has 2 heteroatoms. The molecule has 63 valence electrons. The van der Waals surface area contributed by atoms with Crippen molar-refractivity contribution in [1.82, 2.24) is 0 Å². The van der Waals surface area contributed by atoms with E-state index in [1.165, 1.54) is 0 Å². The molecule has 0 unspecified atom stereocenters. The van der Waals surface area contributed by atoms with Crippen LogP contribution in [0.4, 0.5) is 0 Å². The minimum absolute atomic E-state index is 1.01. The summed E-state index contributed by atoms with van der Waals surface area (Å²) in [6, 6.07) is 0. The summed E-state index contributed by atoms with van der Waals surface area (Å²) in [5.74, 6) is 0. The van der Waals surface area contributed by atoms with Crippen molar-refractivity contribution in [3.63, 3.8) is 0 Å². The van der Waals surface area contributed by atoms with Gasteiger partial charge in [-0.25, -0.2) is 24.3 Å². The molecular weight excluding hydrogens is 208 g/mol. The van der Waals surface area contributed by atoms with E-state index in [1.807, 2.05) is 24.3 Å². The van der Waals surface area contributed by atoms with Crippen LogP contribution in [0.15, 0.2) is 36.5 Å². The number of halogens is 1. The fraction of sp³-hybridized carbons (Fsp3) is 0.200. The first-order chi connectivity index (χ1) is 6.00. The van der Waals surface area contributed by atoms with E-state index in [0.29, 0.717) is 0 Å². The second-order valence-corrected chi connectivity index (χ2v) is 2.01. The Labute approximate surface area is 86.9 Å². The molecule has 0 N–H and O–H groups in total. The summed E-state index contributed by atoms with van der Waals surface area (Å²) >= 11 is 2.10. The SMILES string of the molecule is [C-]1=CC=CC1.[C-]1=CC=CC1.[Cl][Cr+2]. The molecule has 0 atom stereocenters. The molecule has 2 aliphatic carbocycles. The van der Waals surface area contributed by atoms with E-state index >= 15 is 0 Å². The number of hydrogen-bond acceptors (Lipinski definition) is 0. The monoisotopic (exact) mass is 217 g/mol. The first-order valence-electron chi connectivity index (χ1n) is 3.59. The Balaban J connectivity index is 0.000000168. The van der Waals surface area contributed by atoms with E-state index in [9.17, 15) is 0 Å². The summed E-state index contributed by atoms with van der Waals surface area (Å²) in [5, 5.41) is 0. The van der Waals surface area contributed by atoms with Gasteiger partial charge in [-0.2, -0.15) is 12.2 Å². The molecule has 2 aliphatic rings. The van der Waals surface area contributed by atoms with Crippen LogP contribution in [0, 0.1) is 12.2 Å². The van der Waals surface area contributed by atoms with Crippen LogP contribution in [0.2, 0.25) is 0 Å². The van der Waals surface area contributed by atoms with Crippen LogP contribution >= 0.6 is 10.0 Å². The zero-order valence-electron chi connectivity index (χ0n) is 6.66. The molecule has 0 saturated carbocycles. The second-order valence-electron chi connectivity index (χ2n) is 2.01. The molecule has 0 fully saturated rings. The van der Waals surface area contributed by atoms with Crippen LogP contribution in [0.5, 0.6) is 0 Å². The Kier molecular flexibility index (Phi) is 10.6. The number of hydrogen-bond donors (Lipinski definition) is 0. The Morgan fingerprint density at radius 1 is 0.917 bits per heavy atom. The van der Waals surface area contributed by atoms with Gasteiger partial charge in [0.2, 0.25) is 0 Å². The third kappa shape index (κ3) is 7.88. The first-order valence-corrected chi connectivity index (χ1v) is 5.34. The van der Waals surface area contributed by atoms with Gasteiger partial charge < -0.3 is 0 Å². The van der Waals surface area contributed by atoms with Crippen molar-refractivity contribution in [3.05, 3.63) is 48.6 Å². The molecule has 12 heavy (non-hydrogen) atoms. The average Bonchev–Trinajstić information content (AvgIpc) is 2.87. The molecule has 0 aromatic carbocycles. The third-order valence-corrected chi connectivity index (χ3v) is 1.17. The molecule has 0 heterocycles. The van der Waals surface area contributed by atoms with Crippen LogP contribution in [0.1, 0.15) is 12.8 Å². The molecule has 0 spiro atoms. The van der Waals surface area contributed by atoms with Crippen molar-refractivity contribution in [3.8, 4) is 0 Å². The summed E-state index contributed by atoms with van der Waals surface area (Å²) in [5.41, 5.74) is 0. The van der Waals surface area contributed by atoms with E-state index in [2.05, 4.69) is 49.7 Å². The summed E-state index contributed by atoms with van der Waals surface area (Å²) in [6.07, 6.45) is 20.0. The molecule has 2 rings (SSSR count). The molecule has 0 amide bonds. The van der Waals surface area contributed by atoms with Gasteiger partial charge in [0.05, 0.1) is 0 Å². The fourth-order valence-corrected chi connectivity index (χ4v) is 0.680. The summed E-state index contributed by atoms with van der Waals surface area (Å²) < 4.78 is 0. The predicted molar refractivity (Wildman–Crippen MR) is 49.0 cm³/mol. The van der Waals surface area contributed by atoms with Crippen molar-refractivity contribution in [2.75, 3.05) is 0 Å². The van der Waals surface area contributed by atoms with Gasteiger partial charge in [-0.1, -0.05) is 0 Å². The van der Waals surface area contributed by atoms with Crippen molar-refractivity contribution < 1.29 is 15.4 Å². The van der Waals surface area contributed by atoms with Crippen molar-refractivity contribution >= 4 is 10.0 Å². The molecule has 0 radical (unpaired) electrons. The molecule has 0 saturated heterocycles. The molecule has 0 bridgehead atoms. The quantitative estimate of drug-likeness (QED) is 0.546. The van der Waals surface area contributed by atoms with Gasteiger partial charge in [0.1, 0.15) is 0 Å². The molecule has 0 aromatic heterocycles. The Morgan fingerprint density at radius 2 is 1.33 bits per heavy atom. The Morgan fingerprint density at radius 3 is 1.42 bits per heavy atom. The van der Waals surface area contributed by atoms with Gasteiger partial charge in [0.25, 0.3) is 0 Å². The van der Waals surface area contributed by atoms with Gasteiger partial charge in [0, 0.05) is 0 Å². The Bertz CT molecular complexity index is 148. The van der Waals surface area contributed by atoms with Gasteiger partial charge >= 0.3 is 25.4 Å². The summed E-state index contributed by atoms with van der Waals surface area (Å²) in [7, 11) is 4.51. The van der Waals surface area contributed by atoms with E-state index in [-0.39, 0.29) is 0 Å². The van der Waals surface area contributed by atoms with Crippen LogP contribution in [0.25, 0.3) is 0 Å².